The number of likely N-dealkylation sites (tertiary alicyclic amines) is 1. The van der Waals surface area contributed by atoms with Crippen molar-refractivity contribution in [1.29, 1.82) is 0 Å². The largest absolute Gasteiger partial charge is 0.339 e. The molecule has 0 radical (unpaired) electrons. The number of hydrogen-bond acceptors (Lipinski definition) is 5. The van der Waals surface area contributed by atoms with Crippen molar-refractivity contribution in [2.75, 3.05) is 46.8 Å². The fraction of sp³-hybridized carbons (Fsp3) is 0.500. The number of rotatable bonds is 6. The van der Waals surface area contributed by atoms with Gasteiger partial charge in [-0.1, -0.05) is 36.9 Å². The van der Waals surface area contributed by atoms with Gasteiger partial charge in [-0.2, -0.15) is 0 Å². The minimum Gasteiger partial charge on any atom is -0.339 e. The Morgan fingerprint density at radius 2 is 1.86 bits per heavy atom. The lowest BCUT2D eigenvalue weighted by Crippen LogP contribution is -2.52. The number of benzene rings is 1. The van der Waals surface area contributed by atoms with Gasteiger partial charge in [-0.3, -0.25) is 14.6 Å². The molecule has 4 amide bonds. The van der Waals surface area contributed by atoms with Crippen molar-refractivity contribution in [3.63, 3.8) is 0 Å². The van der Waals surface area contributed by atoms with Crippen LogP contribution in [0.4, 0.5) is 4.79 Å². The number of amides is 4. The van der Waals surface area contributed by atoms with Crippen LogP contribution >= 0.6 is 0 Å². The van der Waals surface area contributed by atoms with Crippen molar-refractivity contribution in [2.45, 2.75) is 38.3 Å². The van der Waals surface area contributed by atoms with E-state index in [1.807, 2.05) is 63.2 Å². The van der Waals surface area contributed by atoms with Crippen molar-refractivity contribution in [3.8, 4) is 0 Å². The summed E-state index contributed by atoms with van der Waals surface area (Å²) in [6.45, 7) is 10.2. The van der Waals surface area contributed by atoms with Crippen molar-refractivity contribution in [3.05, 3.63) is 59.7 Å². The second-order valence-electron chi connectivity index (χ2n) is 10.7. The maximum Gasteiger partial charge on any atom is 0.318 e. The van der Waals surface area contributed by atoms with E-state index in [0.29, 0.717) is 51.4 Å². The van der Waals surface area contributed by atoms with E-state index in [2.05, 4.69) is 27.1 Å². The van der Waals surface area contributed by atoms with Gasteiger partial charge in [0.05, 0.1) is 24.7 Å². The lowest BCUT2D eigenvalue weighted by molar-refractivity contribution is -0.131. The molecule has 0 saturated carbocycles. The molecule has 3 heterocycles. The Kier molecular flexibility index (Phi) is 7.82. The van der Waals surface area contributed by atoms with Crippen LogP contribution in [0.2, 0.25) is 0 Å². The van der Waals surface area contributed by atoms with E-state index < -0.39 is 5.54 Å². The van der Waals surface area contributed by atoms with Gasteiger partial charge in [0, 0.05) is 31.1 Å². The summed E-state index contributed by atoms with van der Waals surface area (Å²) in [7, 11) is 3.98. The minimum absolute atomic E-state index is 0.0750. The Labute approximate surface area is 219 Å². The fourth-order valence-corrected chi connectivity index (χ4v) is 5.41. The summed E-state index contributed by atoms with van der Waals surface area (Å²) in [4.78, 5) is 48.7. The number of carbonyl (C=O) groups excluding carboxylic acids is 3. The van der Waals surface area contributed by atoms with Crippen LogP contribution in [0.25, 0.3) is 0 Å². The van der Waals surface area contributed by atoms with Crippen LogP contribution < -0.4 is 10.6 Å². The third-order valence-electron chi connectivity index (χ3n) is 7.66. The molecule has 1 fully saturated rings. The summed E-state index contributed by atoms with van der Waals surface area (Å²) in [5.41, 5.74) is 2.52. The van der Waals surface area contributed by atoms with Crippen molar-refractivity contribution >= 4 is 23.7 Å². The van der Waals surface area contributed by atoms with Crippen molar-refractivity contribution in [1.82, 2.24) is 25.3 Å². The summed E-state index contributed by atoms with van der Waals surface area (Å²) in [5.74, 6) is 0.225. The van der Waals surface area contributed by atoms with Crippen molar-refractivity contribution in [2.24, 2.45) is 10.9 Å². The molecule has 2 N–H and O–H groups in total. The summed E-state index contributed by atoms with van der Waals surface area (Å²) < 4.78 is 0. The SMILES string of the molecule is C=CC(=O)N1CCC(C(=O)NC2=NCC3=C2CN(C(=O)N[C@H](CN(C)C)c2ccccc2)C3(C)C)CC1. The fourth-order valence-electron chi connectivity index (χ4n) is 5.41. The van der Waals surface area contributed by atoms with Gasteiger partial charge in [0.2, 0.25) is 11.8 Å². The molecule has 9 nitrogen and oxygen atoms in total. The molecule has 198 valence electrons. The van der Waals surface area contributed by atoms with E-state index in [4.69, 9.17) is 0 Å². The highest BCUT2D eigenvalue weighted by Gasteiger charge is 2.46. The lowest BCUT2D eigenvalue weighted by atomic mass is 9.94. The average Bonchev–Trinajstić information content (AvgIpc) is 3.41. The molecule has 3 aliphatic rings. The van der Waals surface area contributed by atoms with E-state index >= 15 is 0 Å². The van der Waals surface area contributed by atoms with Crippen LogP contribution in [-0.4, -0.2) is 90.7 Å². The van der Waals surface area contributed by atoms with Crippen LogP contribution in [0.3, 0.4) is 0 Å². The first-order valence-electron chi connectivity index (χ1n) is 12.9. The Bertz CT molecular complexity index is 1120. The molecule has 37 heavy (non-hydrogen) atoms. The summed E-state index contributed by atoms with van der Waals surface area (Å²) >= 11 is 0. The van der Waals surface area contributed by atoms with Crippen LogP contribution in [0.15, 0.2) is 59.1 Å². The van der Waals surface area contributed by atoms with Gasteiger partial charge < -0.3 is 25.3 Å². The molecule has 9 heteroatoms. The molecule has 1 aromatic carbocycles. The Morgan fingerprint density at radius 1 is 1.19 bits per heavy atom. The van der Waals surface area contributed by atoms with E-state index in [-0.39, 0.29) is 29.8 Å². The van der Waals surface area contributed by atoms with Crippen LogP contribution in [0, 0.1) is 5.92 Å². The number of aliphatic imine (C=N–C) groups is 1. The molecular formula is C28H38N6O3. The number of hydrogen-bond donors (Lipinski definition) is 2. The predicted octanol–water partition coefficient (Wildman–Crippen LogP) is 2.34. The second-order valence-corrected chi connectivity index (χ2v) is 10.7. The zero-order chi connectivity index (χ0) is 26.7. The zero-order valence-electron chi connectivity index (χ0n) is 22.3. The Morgan fingerprint density at radius 3 is 2.49 bits per heavy atom. The summed E-state index contributed by atoms with van der Waals surface area (Å²) in [6, 6.07) is 9.69. The monoisotopic (exact) mass is 506 g/mol. The van der Waals surface area contributed by atoms with Gasteiger partial charge in [0.15, 0.2) is 0 Å². The third-order valence-corrected chi connectivity index (χ3v) is 7.66. The van der Waals surface area contributed by atoms with E-state index in [1.54, 1.807) is 4.90 Å². The summed E-state index contributed by atoms with van der Waals surface area (Å²) in [6.07, 6.45) is 2.53. The molecule has 4 rings (SSSR count). The molecule has 0 bridgehead atoms. The standard InChI is InChI=1S/C28H38N6O3/c1-6-24(35)33-14-12-20(13-15-33)26(36)31-25-21-17-34(28(2,3)22(21)16-29-25)27(37)30-23(18-32(4)5)19-10-8-7-9-11-19/h6-11,20,23H,1,12-18H2,2-5H3,(H,30,37)(H,29,31,36)/t23-/m1/s1. The second kappa shape index (κ2) is 10.9. The number of urea groups is 1. The van der Waals surface area contributed by atoms with Crippen LogP contribution in [0.5, 0.6) is 0 Å². The van der Waals surface area contributed by atoms with Crippen LogP contribution in [-0.2, 0) is 9.59 Å². The number of carbonyl (C=O) groups is 3. The molecule has 0 spiro atoms. The predicted molar refractivity (Wildman–Crippen MR) is 144 cm³/mol. The number of amidine groups is 1. The van der Waals surface area contributed by atoms with Gasteiger partial charge in [0.25, 0.3) is 0 Å². The van der Waals surface area contributed by atoms with E-state index in [0.717, 1.165) is 16.7 Å². The van der Waals surface area contributed by atoms with Gasteiger partial charge in [0.1, 0.15) is 5.84 Å². The van der Waals surface area contributed by atoms with Gasteiger partial charge in [-0.25, -0.2) is 4.79 Å². The minimum atomic E-state index is -0.523. The number of nitrogens with zero attached hydrogens (tertiary/aromatic N) is 4. The Hall–Kier alpha value is -3.46. The maximum atomic E-state index is 13.5. The smallest absolute Gasteiger partial charge is 0.318 e. The van der Waals surface area contributed by atoms with Crippen molar-refractivity contribution < 1.29 is 14.4 Å². The van der Waals surface area contributed by atoms with E-state index in [9.17, 15) is 14.4 Å². The topological polar surface area (TPSA) is 97.4 Å². The lowest BCUT2D eigenvalue weighted by Gasteiger charge is -2.36. The normalized spacial score (nSPS) is 20.0. The average molecular weight is 507 g/mol. The molecule has 3 aliphatic heterocycles. The van der Waals surface area contributed by atoms with Gasteiger partial charge >= 0.3 is 6.03 Å². The highest BCUT2D eigenvalue weighted by atomic mass is 16.2. The maximum absolute atomic E-state index is 13.5. The quantitative estimate of drug-likeness (QED) is 0.579. The summed E-state index contributed by atoms with van der Waals surface area (Å²) in [5, 5.41) is 6.26. The molecular weight excluding hydrogens is 468 g/mol. The third kappa shape index (κ3) is 5.61. The first-order valence-corrected chi connectivity index (χ1v) is 12.9. The number of piperidine rings is 1. The number of nitrogens with one attached hydrogen (secondary N) is 2. The first-order chi connectivity index (χ1) is 17.6. The molecule has 0 unspecified atom stereocenters. The Balaban J connectivity index is 1.40. The molecule has 1 atom stereocenters. The van der Waals surface area contributed by atoms with E-state index in [1.165, 1.54) is 6.08 Å². The van der Waals surface area contributed by atoms with Gasteiger partial charge in [-0.15, -0.1) is 0 Å². The number of likely N-dealkylation sites (N-methyl/N-ethyl adjacent to an activating group) is 1. The zero-order valence-corrected chi connectivity index (χ0v) is 22.3. The molecule has 0 aromatic heterocycles. The molecule has 0 aliphatic carbocycles. The first kappa shape index (κ1) is 26.6. The van der Waals surface area contributed by atoms with Crippen LogP contribution in [0.1, 0.15) is 38.3 Å². The molecule has 1 aromatic rings. The highest BCUT2D eigenvalue weighted by Crippen LogP contribution is 2.38. The molecule has 1 saturated heterocycles. The van der Waals surface area contributed by atoms with Gasteiger partial charge in [-0.05, 0) is 58.0 Å². The highest BCUT2D eigenvalue weighted by molar-refractivity contribution is 6.11.